The Morgan fingerprint density at radius 3 is 3.06 bits per heavy atom. The molecule has 1 atom stereocenters. The first-order valence-corrected chi connectivity index (χ1v) is 12.1. The fourth-order valence-electron chi connectivity index (χ4n) is 4.12. The third kappa shape index (κ3) is 4.78. The van der Waals surface area contributed by atoms with Gasteiger partial charge in [-0.2, -0.15) is 0 Å². The third-order valence-corrected chi connectivity index (χ3v) is 6.88. The maximum absolute atomic E-state index is 12.4. The molecule has 34 heavy (non-hydrogen) atoms. The molecule has 9 nitrogen and oxygen atoms in total. The predicted molar refractivity (Wildman–Crippen MR) is 131 cm³/mol. The van der Waals surface area contributed by atoms with Gasteiger partial charge in [0.05, 0.1) is 36.1 Å². The van der Waals surface area contributed by atoms with Crippen molar-refractivity contribution in [2.45, 2.75) is 23.8 Å². The summed E-state index contributed by atoms with van der Waals surface area (Å²) in [7, 11) is 1.60. The number of carbonyl (C=O) groups is 2. The number of ether oxygens (including phenoxy) is 2. The van der Waals surface area contributed by atoms with Crippen LogP contribution in [0, 0.1) is 0 Å². The summed E-state index contributed by atoms with van der Waals surface area (Å²) < 4.78 is 10.8. The first-order chi connectivity index (χ1) is 16.6. The van der Waals surface area contributed by atoms with Crippen molar-refractivity contribution in [3.8, 4) is 5.88 Å². The second kappa shape index (κ2) is 9.86. The summed E-state index contributed by atoms with van der Waals surface area (Å²) in [6.07, 6.45) is 2.95. The molecule has 0 radical (unpaired) electrons. The largest absolute Gasteiger partial charge is 0.481 e. The van der Waals surface area contributed by atoms with E-state index >= 15 is 0 Å². The molecule has 2 N–H and O–H groups in total. The van der Waals surface area contributed by atoms with Crippen LogP contribution in [-0.4, -0.2) is 60.6 Å². The topological polar surface area (TPSA) is 106 Å². The first-order valence-electron chi connectivity index (χ1n) is 11.1. The Labute approximate surface area is 201 Å². The summed E-state index contributed by atoms with van der Waals surface area (Å²) in [6.45, 7) is 1.82. The van der Waals surface area contributed by atoms with Crippen LogP contribution in [0.5, 0.6) is 5.88 Å². The quantitative estimate of drug-likeness (QED) is 0.475. The van der Waals surface area contributed by atoms with Crippen molar-refractivity contribution in [2.24, 2.45) is 0 Å². The lowest BCUT2D eigenvalue weighted by molar-refractivity contribution is -0.113. The van der Waals surface area contributed by atoms with Crippen molar-refractivity contribution in [1.29, 1.82) is 0 Å². The summed E-state index contributed by atoms with van der Waals surface area (Å²) in [5, 5.41) is 6.25. The minimum atomic E-state index is -0.371. The Balaban J connectivity index is 1.12. The number of hydrogen-bond acceptors (Lipinski definition) is 8. The Morgan fingerprint density at radius 2 is 2.18 bits per heavy atom. The number of aryl methyl sites for hydroxylation is 1. The van der Waals surface area contributed by atoms with Crippen LogP contribution in [0.4, 0.5) is 16.2 Å². The number of nitrogens with one attached hydrogen (secondary N) is 2. The van der Waals surface area contributed by atoms with Crippen LogP contribution in [0.3, 0.4) is 0 Å². The van der Waals surface area contributed by atoms with Gasteiger partial charge in [-0.1, -0.05) is 0 Å². The number of amides is 2. The Kier molecular flexibility index (Phi) is 6.50. The van der Waals surface area contributed by atoms with Crippen molar-refractivity contribution in [1.82, 2.24) is 15.3 Å². The Hall–Kier alpha value is -3.37. The molecule has 0 aliphatic carbocycles. The number of aromatic nitrogens is 2. The molecular weight excluding hydrogens is 454 g/mol. The van der Waals surface area contributed by atoms with Crippen LogP contribution in [0.1, 0.15) is 12.0 Å². The number of rotatable bonds is 8. The SMILES string of the molecule is COc1ccc2nccc(CCCNCC3CN(c4ccc5c(c4)NC(=O)CS5)C(=O)O3)c2n1. The van der Waals surface area contributed by atoms with Crippen molar-refractivity contribution >= 4 is 46.2 Å². The minimum Gasteiger partial charge on any atom is -0.481 e. The van der Waals surface area contributed by atoms with Crippen LogP contribution < -0.4 is 20.3 Å². The molecule has 3 aromatic rings. The van der Waals surface area contributed by atoms with Crippen LogP contribution in [0.25, 0.3) is 11.0 Å². The predicted octanol–water partition coefficient (Wildman–Crippen LogP) is 3.23. The highest BCUT2D eigenvalue weighted by atomic mass is 32.2. The highest BCUT2D eigenvalue weighted by Crippen LogP contribution is 2.35. The average molecular weight is 480 g/mol. The standard InChI is InChI=1S/C24H25N5O4S/c1-32-22-7-5-18-23(28-22)15(8-10-26-18)3-2-9-25-12-17-13-29(24(31)33-17)16-4-6-20-19(11-16)27-21(30)14-34-20/h4-8,10-11,17,25H,2-3,9,12-14H2,1H3,(H,27,30). The number of methoxy groups -OCH3 is 1. The summed E-state index contributed by atoms with van der Waals surface area (Å²) in [4.78, 5) is 35.6. The highest BCUT2D eigenvalue weighted by Gasteiger charge is 2.32. The second-order valence-corrected chi connectivity index (χ2v) is 9.15. The minimum absolute atomic E-state index is 0.0320. The van der Waals surface area contributed by atoms with Gasteiger partial charge in [-0.25, -0.2) is 9.78 Å². The first kappa shape index (κ1) is 22.4. The summed E-state index contributed by atoms with van der Waals surface area (Å²) in [5.41, 5.74) is 4.30. The van der Waals surface area contributed by atoms with E-state index in [1.165, 1.54) is 11.8 Å². The number of cyclic esters (lactones) is 1. The maximum atomic E-state index is 12.4. The van der Waals surface area contributed by atoms with Gasteiger partial charge in [0.1, 0.15) is 6.10 Å². The van der Waals surface area contributed by atoms with E-state index < -0.39 is 0 Å². The molecular formula is C24H25N5O4S. The van der Waals surface area contributed by atoms with E-state index in [0.717, 1.165) is 52.3 Å². The van der Waals surface area contributed by atoms with Gasteiger partial charge in [0.2, 0.25) is 11.8 Å². The Bertz CT molecular complexity index is 1240. The van der Waals surface area contributed by atoms with E-state index in [2.05, 4.69) is 20.6 Å². The number of pyridine rings is 2. The maximum Gasteiger partial charge on any atom is 0.414 e. The van der Waals surface area contributed by atoms with Crippen LogP contribution in [0.2, 0.25) is 0 Å². The fourth-order valence-corrected chi connectivity index (χ4v) is 4.91. The number of anilines is 2. The van der Waals surface area contributed by atoms with Crippen molar-refractivity contribution in [3.05, 3.63) is 48.2 Å². The van der Waals surface area contributed by atoms with Crippen molar-refractivity contribution in [2.75, 3.05) is 42.7 Å². The average Bonchev–Trinajstić information content (AvgIpc) is 3.23. The van der Waals surface area contributed by atoms with Gasteiger partial charge < -0.3 is 20.1 Å². The number of thioether (sulfide) groups is 1. The molecule has 0 spiro atoms. The zero-order valence-corrected chi connectivity index (χ0v) is 19.6. The molecule has 0 bridgehead atoms. The molecule has 5 rings (SSSR count). The molecule has 4 heterocycles. The monoisotopic (exact) mass is 479 g/mol. The van der Waals surface area contributed by atoms with Gasteiger partial charge in [0.25, 0.3) is 0 Å². The van der Waals surface area contributed by atoms with E-state index in [0.29, 0.717) is 24.7 Å². The summed E-state index contributed by atoms with van der Waals surface area (Å²) in [6, 6.07) is 11.4. The fraction of sp³-hybridized carbons (Fsp3) is 0.333. The summed E-state index contributed by atoms with van der Waals surface area (Å²) in [5.74, 6) is 0.955. The molecule has 2 aliphatic heterocycles. The molecule has 1 unspecified atom stereocenters. The normalized spacial score (nSPS) is 17.4. The Morgan fingerprint density at radius 1 is 1.26 bits per heavy atom. The highest BCUT2D eigenvalue weighted by molar-refractivity contribution is 8.00. The van der Waals surface area contributed by atoms with Gasteiger partial charge in [-0.15, -0.1) is 11.8 Å². The van der Waals surface area contributed by atoms with Gasteiger partial charge >= 0.3 is 6.09 Å². The van der Waals surface area contributed by atoms with E-state index in [1.54, 1.807) is 18.2 Å². The molecule has 0 saturated carbocycles. The molecule has 2 aromatic heterocycles. The zero-order chi connectivity index (χ0) is 23.5. The lowest BCUT2D eigenvalue weighted by atomic mass is 10.1. The van der Waals surface area contributed by atoms with E-state index in [9.17, 15) is 9.59 Å². The third-order valence-electron chi connectivity index (χ3n) is 5.80. The van der Waals surface area contributed by atoms with Crippen LogP contribution in [0.15, 0.2) is 47.5 Å². The molecule has 2 amide bonds. The number of benzene rings is 1. The lowest BCUT2D eigenvalue weighted by Gasteiger charge is -2.20. The number of hydrogen-bond donors (Lipinski definition) is 2. The number of fused-ring (bicyclic) bond motifs is 2. The van der Waals surface area contributed by atoms with Crippen molar-refractivity contribution < 1.29 is 19.1 Å². The smallest absolute Gasteiger partial charge is 0.414 e. The molecule has 1 fully saturated rings. The number of carbonyl (C=O) groups excluding carboxylic acids is 2. The van der Waals surface area contributed by atoms with E-state index in [4.69, 9.17) is 9.47 Å². The summed E-state index contributed by atoms with van der Waals surface area (Å²) >= 11 is 1.50. The van der Waals surface area contributed by atoms with Gasteiger partial charge in [-0.3, -0.25) is 14.7 Å². The molecule has 1 aromatic carbocycles. The van der Waals surface area contributed by atoms with Gasteiger partial charge in [0.15, 0.2) is 0 Å². The molecule has 176 valence electrons. The molecule has 2 aliphatic rings. The second-order valence-electron chi connectivity index (χ2n) is 8.13. The number of nitrogens with zero attached hydrogens (tertiary/aromatic N) is 3. The van der Waals surface area contributed by atoms with E-state index in [-0.39, 0.29) is 18.1 Å². The van der Waals surface area contributed by atoms with E-state index in [1.807, 2.05) is 36.4 Å². The zero-order valence-electron chi connectivity index (χ0n) is 18.7. The molecule has 10 heteroatoms. The van der Waals surface area contributed by atoms with Gasteiger partial charge in [-0.05, 0) is 55.3 Å². The van der Waals surface area contributed by atoms with Crippen LogP contribution in [-0.2, 0) is 16.0 Å². The lowest BCUT2D eigenvalue weighted by Crippen LogP contribution is -2.31. The molecule has 1 saturated heterocycles. The van der Waals surface area contributed by atoms with Crippen molar-refractivity contribution in [3.63, 3.8) is 0 Å². The van der Waals surface area contributed by atoms with Crippen LogP contribution >= 0.6 is 11.8 Å². The van der Waals surface area contributed by atoms with Gasteiger partial charge in [0, 0.05) is 29.4 Å².